The summed E-state index contributed by atoms with van der Waals surface area (Å²) in [4.78, 5) is 27.8. The van der Waals surface area contributed by atoms with E-state index in [1.165, 1.54) is 0 Å². The minimum absolute atomic E-state index is 0.0415. The molecule has 1 aliphatic heterocycles. The van der Waals surface area contributed by atoms with Gasteiger partial charge in [-0.15, -0.1) is 0 Å². The molecule has 3 rings (SSSR count). The molecule has 5 nitrogen and oxygen atoms in total. The molecule has 0 aromatic heterocycles. The van der Waals surface area contributed by atoms with Crippen LogP contribution in [0.4, 0.5) is 11.4 Å². The maximum Gasteiger partial charge on any atom is 0.264 e. The van der Waals surface area contributed by atoms with Gasteiger partial charge in [-0.1, -0.05) is 24.3 Å². The lowest BCUT2D eigenvalue weighted by Gasteiger charge is -2.21. The number of nitrogens with zero attached hydrogens (tertiary/aromatic N) is 2. The Morgan fingerprint density at radius 3 is 2.64 bits per heavy atom. The molecule has 2 aromatic rings. The molecule has 1 fully saturated rings. The first-order valence-corrected chi connectivity index (χ1v) is 8.57. The molecule has 0 N–H and O–H groups in total. The van der Waals surface area contributed by atoms with Gasteiger partial charge in [-0.3, -0.25) is 9.59 Å². The zero-order valence-corrected chi connectivity index (χ0v) is 14.4. The van der Waals surface area contributed by atoms with Crippen LogP contribution < -0.4 is 14.5 Å². The second-order valence-electron chi connectivity index (χ2n) is 5.91. The quantitative estimate of drug-likeness (QED) is 0.812. The Hall–Kier alpha value is -2.82. The normalized spacial score (nSPS) is 13.8. The monoisotopic (exact) mass is 338 g/mol. The fourth-order valence-corrected chi connectivity index (χ4v) is 3.00. The van der Waals surface area contributed by atoms with Crippen LogP contribution in [0.15, 0.2) is 54.6 Å². The van der Waals surface area contributed by atoms with E-state index in [4.69, 9.17) is 4.74 Å². The smallest absolute Gasteiger partial charge is 0.264 e. The van der Waals surface area contributed by atoms with Crippen LogP contribution in [0.2, 0.25) is 0 Å². The van der Waals surface area contributed by atoms with Gasteiger partial charge in [-0.2, -0.15) is 0 Å². The zero-order chi connectivity index (χ0) is 17.6. The Kier molecular flexibility index (Phi) is 5.33. The highest BCUT2D eigenvalue weighted by Gasteiger charge is 2.22. The number of para-hydroxylation sites is 1. The SMILES string of the molecule is CCN(C(=O)COc1cccc(N2CCCC2=O)c1)c1ccccc1. The molecular weight excluding hydrogens is 316 g/mol. The van der Waals surface area contributed by atoms with E-state index >= 15 is 0 Å². The van der Waals surface area contributed by atoms with Gasteiger partial charge < -0.3 is 14.5 Å². The van der Waals surface area contributed by atoms with Crippen molar-refractivity contribution in [3.63, 3.8) is 0 Å². The van der Waals surface area contributed by atoms with Crippen molar-refractivity contribution in [3.05, 3.63) is 54.6 Å². The van der Waals surface area contributed by atoms with Crippen LogP contribution in [0, 0.1) is 0 Å². The van der Waals surface area contributed by atoms with Crippen LogP contribution in [0.25, 0.3) is 0 Å². The molecule has 25 heavy (non-hydrogen) atoms. The van der Waals surface area contributed by atoms with Gasteiger partial charge in [0.05, 0.1) is 0 Å². The number of rotatable bonds is 6. The van der Waals surface area contributed by atoms with Gasteiger partial charge in [-0.05, 0) is 37.6 Å². The third kappa shape index (κ3) is 3.99. The Balaban J connectivity index is 1.65. The highest BCUT2D eigenvalue weighted by molar-refractivity contribution is 5.96. The van der Waals surface area contributed by atoms with Gasteiger partial charge >= 0.3 is 0 Å². The molecule has 0 unspecified atom stereocenters. The van der Waals surface area contributed by atoms with Crippen LogP contribution in [0.3, 0.4) is 0 Å². The number of carbonyl (C=O) groups excluding carboxylic acids is 2. The molecule has 0 bridgehead atoms. The minimum Gasteiger partial charge on any atom is -0.484 e. The summed E-state index contributed by atoms with van der Waals surface area (Å²) >= 11 is 0. The maximum atomic E-state index is 12.5. The highest BCUT2D eigenvalue weighted by atomic mass is 16.5. The van der Waals surface area contributed by atoms with Crippen molar-refractivity contribution in [1.82, 2.24) is 0 Å². The van der Waals surface area contributed by atoms with E-state index in [1.54, 1.807) is 15.9 Å². The second kappa shape index (κ2) is 7.83. The number of benzene rings is 2. The number of likely N-dealkylation sites (N-methyl/N-ethyl adjacent to an activating group) is 1. The summed E-state index contributed by atoms with van der Waals surface area (Å²) < 4.78 is 5.68. The van der Waals surface area contributed by atoms with Crippen molar-refractivity contribution in [2.45, 2.75) is 19.8 Å². The lowest BCUT2D eigenvalue weighted by Crippen LogP contribution is -2.34. The Morgan fingerprint density at radius 2 is 1.96 bits per heavy atom. The number of hydrogen-bond donors (Lipinski definition) is 0. The molecule has 2 aromatic carbocycles. The zero-order valence-electron chi connectivity index (χ0n) is 14.4. The van der Waals surface area contributed by atoms with Crippen LogP contribution >= 0.6 is 0 Å². The van der Waals surface area contributed by atoms with Crippen LogP contribution in [0.1, 0.15) is 19.8 Å². The van der Waals surface area contributed by atoms with Crippen molar-refractivity contribution in [3.8, 4) is 5.75 Å². The molecule has 0 spiro atoms. The summed E-state index contributed by atoms with van der Waals surface area (Å²) in [5, 5.41) is 0. The molecule has 1 aliphatic rings. The Morgan fingerprint density at radius 1 is 1.16 bits per heavy atom. The lowest BCUT2D eigenvalue weighted by atomic mass is 10.2. The molecular formula is C20H22N2O3. The molecule has 0 atom stereocenters. The van der Waals surface area contributed by atoms with E-state index in [2.05, 4.69) is 0 Å². The van der Waals surface area contributed by atoms with Crippen LogP contribution in [-0.2, 0) is 9.59 Å². The summed E-state index contributed by atoms with van der Waals surface area (Å²) in [7, 11) is 0. The minimum atomic E-state index is -0.101. The van der Waals surface area contributed by atoms with Crippen LogP contribution in [0.5, 0.6) is 5.75 Å². The molecule has 0 aliphatic carbocycles. The van der Waals surface area contributed by atoms with Gasteiger partial charge in [0.2, 0.25) is 5.91 Å². The van der Waals surface area contributed by atoms with Gasteiger partial charge in [0.15, 0.2) is 6.61 Å². The third-order valence-electron chi connectivity index (χ3n) is 4.25. The Labute approximate surface area is 147 Å². The maximum absolute atomic E-state index is 12.5. The van der Waals surface area contributed by atoms with E-state index in [-0.39, 0.29) is 18.4 Å². The van der Waals surface area contributed by atoms with E-state index in [1.807, 2.05) is 55.5 Å². The summed E-state index contributed by atoms with van der Waals surface area (Å²) in [6.45, 7) is 3.21. The molecule has 130 valence electrons. The average molecular weight is 338 g/mol. The Bertz CT molecular complexity index is 746. The topological polar surface area (TPSA) is 49.9 Å². The summed E-state index contributed by atoms with van der Waals surface area (Å²) in [6, 6.07) is 16.9. The molecule has 1 heterocycles. The molecule has 5 heteroatoms. The number of ether oxygens (including phenoxy) is 1. The third-order valence-corrected chi connectivity index (χ3v) is 4.25. The predicted molar refractivity (Wildman–Crippen MR) is 98.0 cm³/mol. The summed E-state index contributed by atoms with van der Waals surface area (Å²) in [5.74, 6) is 0.625. The molecule has 0 saturated carbocycles. The molecule has 2 amide bonds. The largest absolute Gasteiger partial charge is 0.484 e. The van der Waals surface area contributed by atoms with Gasteiger partial charge in [0, 0.05) is 37.0 Å². The standard InChI is InChI=1S/C20H22N2O3/c1-2-21(16-8-4-3-5-9-16)20(24)15-25-18-11-6-10-17(14-18)22-13-7-12-19(22)23/h3-6,8-11,14H,2,7,12-13,15H2,1H3. The summed E-state index contributed by atoms with van der Waals surface area (Å²) in [5.41, 5.74) is 1.68. The average Bonchev–Trinajstić information content (AvgIpc) is 3.08. The molecule has 1 saturated heterocycles. The van der Waals surface area contributed by atoms with E-state index in [0.29, 0.717) is 18.7 Å². The van der Waals surface area contributed by atoms with Gasteiger partial charge in [0.25, 0.3) is 5.91 Å². The van der Waals surface area contributed by atoms with Crippen molar-refractivity contribution in [2.24, 2.45) is 0 Å². The second-order valence-corrected chi connectivity index (χ2v) is 5.91. The lowest BCUT2D eigenvalue weighted by molar-refractivity contribution is -0.120. The van der Waals surface area contributed by atoms with Crippen molar-refractivity contribution < 1.29 is 14.3 Å². The van der Waals surface area contributed by atoms with Crippen molar-refractivity contribution >= 4 is 23.2 Å². The number of hydrogen-bond acceptors (Lipinski definition) is 3. The number of anilines is 2. The fraction of sp³-hybridized carbons (Fsp3) is 0.300. The first kappa shape index (κ1) is 17.0. The van der Waals surface area contributed by atoms with Gasteiger partial charge in [-0.25, -0.2) is 0 Å². The highest BCUT2D eigenvalue weighted by Crippen LogP contribution is 2.25. The fourth-order valence-electron chi connectivity index (χ4n) is 3.00. The predicted octanol–water partition coefficient (Wildman–Crippen LogP) is 3.25. The van der Waals surface area contributed by atoms with Crippen LogP contribution in [-0.4, -0.2) is 31.5 Å². The first-order chi connectivity index (χ1) is 12.2. The van der Waals surface area contributed by atoms with E-state index in [9.17, 15) is 9.59 Å². The van der Waals surface area contributed by atoms with Crippen molar-refractivity contribution in [2.75, 3.05) is 29.5 Å². The van der Waals surface area contributed by atoms with Crippen molar-refractivity contribution in [1.29, 1.82) is 0 Å². The number of carbonyl (C=O) groups is 2. The van der Waals surface area contributed by atoms with E-state index in [0.717, 1.165) is 24.3 Å². The first-order valence-electron chi connectivity index (χ1n) is 8.57. The van der Waals surface area contributed by atoms with Gasteiger partial charge in [0.1, 0.15) is 5.75 Å². The molecule has 0 radical (unpaired) electrons. The summed E-state index contributed by atoms with van der Waals surface area (Å²) in [6.07, 6.45) is 1.47. The van der Waals surface area contributed by atoms with E-state index < -0.39 is 0 Å². The number of amides is 2.